The highest BCUT2D eigenvalue weighted by Crippen LogP contribution is 2.46. The number of amides is 2. The summed E-state index contributed by atoms with van der Waals surface area (Å²) in [5.74, 6) is 0. The number of primary amides is 1. The van der Waals surface area contributed by atoms with Gasteiger partial charge in [-0.2, -0.15) is 0 Å². The van der Waals surface area contributed by atoms with Crippen LogP contribution in [0.4, 0.5) is 4.79 Å². The van der Waals surface area contributed by atoms with Crippen molar-refractivity contribution in [2.24, 2.45) is 5.73 Å². The zero-order chi connectivity index (χ0) is 12.5. The molecule has 0 atom stereocenters. The molecule has 18 heavy (non-hydrogen) atoms. The summed E-state index contributed by atoms with van der Waals surface area (Å²) in [5.41, 5.74) is 9.21. The number of nitrogens with two attached hydrogens (primary N) is 1. The topological polar surface area (TPSA) is 46.1 Å². The maximum absolute atomic E-state index is 11.4. The van der Waals surface area contributed by atoms with E-state index < -0.39 is 6.03 Å². The highest BCUT2D eigenvalue weighted by Gasteiger charge is 2.39. The van der Waals surface area contributed by atoms with Gasteiger partial charge in [0.15, 0.2) is 0 Å². The van der Waals surface area contributed by atoms with Crippen molar-refractivity contribution in [3.63, 3.8) is 0 Å². The summed E-state index contributed by atoms with van der Waals surface area (Å²) in [4.78, 5) is 13.0. The van der Waals surface area contributed by atoms with Gasteiger partial charge in [0.05, 0.1) is 11.4 Å². The van der Waals surface area contributed by atoms with Gasteiger partial charge in [0.2, 0.25) is 0 Å². The molecule has 2 aromatic carbocycles. The molecule has 1 aliphatic rings. The third-order valence-corrected chi connectivity index (χ3v) is 2.94. The lowest BCUT2D eigenvalue weighted by molar-refractivity contribution is 0.242. The van der Waals surface area contributed by atoms with Crippen molar-refractivity contribution in [1.82, 2.24) is 4.90 Å². The highest BCUT2D eigenvalue weighted by atomic mass is 16.2. The van der Waals surface area contributed by atoms with Crippen LogP contribution in [-0.2, 0) is 0 Å². The van der Waals surface area contributed by atoms with Crippen molar-refractivity contribution >= 4 is 17.4 Å². The van der Waals surface area contributed by atoms with Gasteiger partial charge in [0.25, 0.3) is 0 Å². The molecule has 2 amide bonds. The van der Waals surface area contributed by atoms with Crippen LogP contribution >= 0.6 is 0 Å². The predicted molar refractivity (Wildman–Crippen MR) is 71.1 cm³/mol. The van der Waals surface area contributed by atoms with Crippen molar-refractivity contribution in [1.29, 1.82) is 0 Å². The lowest BCUT2D eigenvalue weighted by Crippen LogP contribution is -2.21. The van der Waals surface area contributed by atoms with E-state index in [0.29, 0.717) is 0 Å². The standard InChI is InChI=1S/C15H12N2O/c16-15(18)17-13(11-7-3-1-4-8-11)14(17)12-9-5-2-6-10-12/h1-10H,(H2,16,18). The third kappa shape index (κ3) is 1.66. The van der Waals surface area contributed by atoms with E-state index in [4.69, 9.17) is 5.73 Å². The van der Waals surface area contributed by atoms with Crippen LogP contribution in [0.3, 0.4) is 0 Å². The highest BCUT2D eigenvalue weighted by molar-refractivity contribution is 6.15. The minimum atomic E-state index is -0.437. The molecule has 0 fully saturated rings. The van der Waals surface area contributed by atoms with Gasteiger partial charge < -0.3 is 5.73 Å². The number of hydrogen-bond donors (Lipinski definition) is 1. The Morgan fingerprint density at radius 3 is 1.50 bits per heavy atom. The molecule has 3 nitrogen and oxygen atoms in total. The van der Waals surface area contributed by atoms with Crippen molar-refractivity contribution in [3.8, 4) is 0 Å². The molecule has 0 aliphatic carbocycles. The van der Waals surface area contributed by atoms with Gasteiger partial charge in [0, 0.05) is 11.1 Å². The zero-order valence-corrected chi connectivity index (χ0v) is 9.71. The van der Waals surface area contributed by atoms with Gasteiger partial charge in [-0.3, -0.25) is 4.90 Å². The first kappa shape index (κ1) is 10.6. The van der Waals surface area contributed by atoms with E-state index in [-0.39, 0.29) is 0 Å². The quantitative estimate of drug-likeness (QED) is 0.856. The first-order valence-electron chi connectivity index (χ1n) is 5.73. The molecule has 2 aromatic rings. The third-order valence-electron chi connectivity index (χ3n) is 2.94. The molecular formula is C15H12N2O. The van der Waals surface area contributed by atoms with Crippen LogP contribution in [0.25, 0.3) is 11.4 Å². The lowest BCUT2D eigenvalue weighted by Gasteiger charge is -2.01. The monoisotopic (exact) mass is 236 g/mol. The van der Waals surface area contributed by atoms with Crippen molar-refractivity contribution in [2.45, 2.75) is 0 Å². The molecule has 2 N–H and O–H groups in total. The molecule has 0 saturated carbocycles. The van der Waals surface area contributed by atoms with Crippen molar-refractivity contribution in [3.05, 3.63) is 71.8 Å². The van der Waals surface area contributed by atoms with Crippen LogP contribution in [0.1, 0.15) is 11.1 Å². The van der Waals surface area contributed by atoms with Crippen LogP contribution in [0.15, 0.2) is 60.7 Å². The van der Waals surface area contributed by atoms with Crippen molar-refractivity contribution in [2.75, 3.05) is 0 Å². The summed E-state index contributed by atoms with van der Waals surface area (Å²) in [6.07, 6.45) is 0. The largest absolute Gasteiger partial charge is 0.351 e. The summed E-state index contributed by atoms with van der Waals surface area (Å²) < 4.78 is 0. The van der Waals surface area contributed by atoms with Gasteiger partial charge in [-0.05, 0) is 0 Å². The van der Waals surface area contributed by atoms with E-state index in [1.165, 1.54) is 0 Å². The van der Waals surface area contributed by atoms with Gasteiger partial charge in [-0.15, -0.1) is 0 Å². The number of hydrogen-bond acceptors (Lipinski definition) is 1. The molecule has 1 aliphatic heterocycles. The van der Waals surface area contributed by atoms with Crippen LogP contribution < -0.4 is 5.73 Å². The Morgan fingerprint density at radius 1 is 0.778 bits per heavy atom. The fraction of sp³-hybridized carbons (Fsp3) is 0. The maximum Gasteiger partial charge on any atom is 0.324 e. The van der Waals surface area contributed by atoms with Gasteiger partial charge in [0.1, 0.15) is 0 Å². The molecule has 0 bridgehead atoms. The molecule has 0 radical (unpaired) electrons. The molecule has 0 unspecified atom stereocenters. The number of rotatable bonds is 2. The number of carbonyl (C=O) groups is 1. The van der Waals surface area contributed by atoms with E-state index in [1.54, 1.807) is 4.90 Å². The first-order valence-corrected chi connectivity index (χ1v) is 5.73. The Kier molecular flexibility index (Phi) is 2.38. The molecular weight excluding hydrogens is 224 g/mol. The van der Waals surface area contributed by atoms with Crippen LogP contribution in [0, 0.1) is 0 Å². The summed E-state index contributed by atoms with van der Waals surface area (Å²) in [5, 5.41) is 0. The van der Waals surface area contributed by atoms with Crippen molar-refractivity contribution < 1.29 is 4.79 Å². The summed E-state index contributed by atoms with van der Waals surface area (Å²) >= 11 is 0. The summed E-state index contributed by atoms with van der Waals surface area (Å²) in [7, 11) is 0. The SMILES string of the molecule is NC(=O)N1C(c2ccccc2)=C1c1ccccc1. The minimum Gasteiger partial charge on any atom is -0.351 e. The fourth-order valence-electron chi connectivity index (χ4n) is 2.11. The van der Waals surface area contributed by atoms with E-state index >= 15 is 0 Å². The summed E-state index contributed by atoms with van der Waals surface area (Å²) in [6.45, 7) is 0. The normalized spacial score (nSPS) is 13.7. The molecule has 0 aromatic heterocycles. The predicted octanol–water partition coefficient (Wildman–Crippen LogP) is 2.91. The zero-order valence-electron chi connectivity index (χ0n) is 9.71. The van der Waals surface area contributed by atoms with Crippen LogP contribution in [0.5, 0.6) is 0 Å². The smallest absolute Gasteiger partial charge is 0.324 e. The molecule has 3 rings (SSSR count). The van der Waals surface area contributed by atoms with Gasteiger partial charge >= 0.3 is 6.03 Å². The maximum atomic E-state index is 11.4. The molecule has 0 spiro atoms. The average molecular weight is 236 g/mol. The molecule has 3 heteroatoms. The Bertz CT molecular complexity index is 568. The number of carbonyl (C=O) groups excluding carboxylic acids is 1. The Hall–Kier alpha value is -2.55. The fourth-order valence-corrected chi connectivity index (χ4v) is 2.11. The van der Waals surface area contributed by atoms with E-state index in [1.807, 2.05) is 60.7 Å². The Balaban J connectivity index is 2.05. The summed E-state index contributed by atoms with van der Waals surface area (Å²) in [6, 6.07) is 19.1. The number of nitrogens with zero attached hydrogens (tertiary/aromatic N) is 1. The molecule has 0 saturated heterocycles. The first-order chi connectivity index (χ1) is 8.79. The van der Waals surface area contributed by atoms with E-state index in [2.05, 4.69) is 0 Å². The minimum absolute atomic E-state index is 0.437. The van der Waals surface area contributed by atoms with E-state index in [9.17, 15) is 4.79 Å². The number of urea groups is 1. The van der Waals surface area contributed by atoms with Crippen LogP contribution in [0.2, 0.25) is 0 Å². The van der Waals surface area contributed by atoms with Gasteiger partial charge in [-0.1, -0.05) is 60.7 Å². The Morgan fingerprint density at radius 2 is 1.17 bits per heavy atom. The second kappa shape index (κ2) is 4.04. The number of benzene rings is 2. The second-order valence-electron chi connectivity index (χ2n) is 4.10. The average Bonchev–Trinajstić information content (AvgIpc) is 3.16. The Labute approximate surface area is 105 Å². The molecule has 1 heterocycles. The van der Waals surface area contributed by atoms with Gasteiger partial charge in [-0.25, -0.2) is 4.79 Å². The lowest BCUT2D eigenvalue weighted by atomic mass is 10.1. The van der Waals surface area contributed by atoms with E-state index in [0.717, 1.165) is 22.5 Å². The van der Waals surface area contributed by atoms with Crippen LogP contribution in [-0.4, -0.2) is 10.9 Å². The second-order valence-corrected chi connectivity index (χ2v) is 4.10. The molecule has 88 valence electrons.